The van der Waals surface area contributed by atoms with Gasteiger partial charge in [-0.15, -0.1) is 0 Å². The van der Waals surface area contributed by atoms with Crippen molar-refractivity contribution < 1.29 is 28.2 Å². The topological polar surface area (TPSA) is 87.7 Å². The monoisotopic (exact) mass is 464 g/mol. The number of nitrogens with one attached hydrogen (secondary N) is 2. The summed E-state index contributed by atoms with van der Waals surface area (Å²) < 4.78 is 32.0. The van der Waals surface area contributed by atoms with Gasteiger partial charge in [-0.3, -0.25) is 9.59 Å². The molecule has 0 spiro atoms. The Kier molecular flexibility index (Phi) is 6.09. The van der Waals surface area contributed by atoms with Gasteiger partial charge in [-0.05, 0) is 68.5 Å². The van der Waals surface area contributed by atoms with Gasteiger partial charge in [0.05, 0.1) is 16.7 Å². The molecule has 170 valence electrons. The molecule has 3 aliphatic rings. The van der Waals surface area contributed by atoms with Crippen LogP contribution < -0.4 is 15.4 Å². The third kappa shape index (κ3) is 4.56. The molecule has 2 aromatic rings. The number of carbonyl (C=O) groups is 2. The molecule has 5 rings (SSSR count). The van der Waals surface area contributed by atoms with E-state index in [0.717, 1.165) is 6.07 Å². The summed E-state index contributed by atoms with van der Waals surface area (Å²) in [4.78, 5) is 25.1. The van der Waals surface area contributed by atoms with Crippen LogP contribution in [0.1, 0.15) is 42.5 Å². The summed E-state index contributed by atoms with van der Waals surface area (Å²) in [5.74, 6) is -1.63. The lowest BCUT2D eigenvalue weighted by molar-refractivity contribution is -0.132. The smallest absolute Gasteiger partial charge is 0.258 e. The Balaban J connectivity index is 1.34. The van der Waals surface area contributed by atoms with Crippen molar-refractivity contribution in [2.24, 2.45) is 0 Å². The molecule has 3 saturated carbocycles. The third-order valence-corrected chi connectivity index (χ3v) is 6.76. The lowest BCUT2D eigenvalue weighted by Gasteiger charge is -2.56. The minimum absolute atomic E-state index is 0.0387. The van der Waals surface area contributed by atoms with E-state index in [1.807, 2.05) is 0 Å². The molecule has 0 aromatic heterocycles. The van der Waals surface area contributed by atoms with E-state index in [-0.39, 0.29) is 23.3 Å². The average molecular weight is 465 g/mol. The van der Waals surface area contributed by atoms with Gasteiger partial charge in [0.1, 0.15) is 17.4 Å². The van der Waals surface area contributed by atoms with Crippen LogP contribution in [0.5, 0.6) is 5.75 Å². The molecule has 1 atom stereocenters. The molecule has 2 amide bonds. The van der Waals surface area contributed by atoms with Crippen molar-refractivity contribution in [3.63, 3.8) is 0 Å². The molecule has 3 fully saturated rings. The number of carbonyl (C=O) groups excluding carboxylic acids is 2. The van der Waals surface area contributed by atoms with Crippen LogP contribution in [0.3, 0.4) is 0 Å². The largest absolute Gasteiger partial charge is 0.484 e. The summed E-state index contributed by atoms with van der Waals surface area (Å²) in [6.07, 6.45) is 1.58. The molecule has 0 unspecified atom stereocenters. The van der Waals surface area contributed by atoms with Crippen molar-refractivity contribution in [1.82, 2.24) is 10.6 Å². The van der Waals surface area contributed by atoms with E-state index in [1.165, 1.54) is 36.4 Å². The summed E-state index contributed by atoms with van der Waals surface area (Å²) in [5, 5.41) is 16.7. The maximum absolute atomic E-state index is 13.5. The lowest BCUT2D eigenvalue weighted by Crippen LogP contribution is -2.70. The Hall–Kier alpha value is -2.71. The second-order valence-corrected chi connectivity index (χ2v) is 8.94. The van der Waals surface area contributed by atoms with E-state index in [0.29, 0.717) is 37.7 Å². The van der Waals surface area contributed by atoms with Crippen molar-refractivity contribution in [3.05, 3.63) is 64.7 Å². The second-order valence-electron chi connectivity index (χ2n) is 8.53. The highest BCUT2D eigenvalue weighted by molar-refractivity contribution is 6.30. The van der Waals surface area contributed by atoms with E-state index >= 15 is 0 Å². The first-order chi connectivity index (χ1) is 15.2. The lowest BCUT2D eigenvalue weighted by atomic mass is 9.60. The predicted molar refractivity (Wildman–Crippen MR) is 113 cm³/mol. The minimum Gasteiger partial charge on any atom is -0.484 e. The van der Waals surface area contributed by atoms with Crippen molar-refractivity contribution in [2.75, 3.05) is 6.61 Å². The van der Waals surface area contributed by atoms with Crippen molar-refractivity contribution in [3.8, 4) is 5.75 Å². The highest BCUT2D eigenvalue weighted by Crippen LogP contribution is 2.47. The maximum Gasteiger partial charge on any atom is 0.258 e. The number of benzene rings is 2. The second kappa shape index (κ2) is 8.67. The van der Waals surface area contributed by atoms with Crippen LogP contribution in [0.2, 0.25) is 5.02 Å². The highest BCUT2D eigenvalue weighted by Gasteiger charge is 2.55. The highest BCUT2D eigenvalue weighted by atomic mass is 35.5. The first-order valence-electron chi connectivity index (χ1n) is 10.4. The Labute approximate surface area is 188 Å². The number of rotatable bonds is 6. The SMILES string of the molecule is O=C(COc1ccc(Cl)c(F)c1)NC12CCC(NC(=O)c3ccc(F)cc3)(CC1)C[C@@H]2O. The molecule has 0 saturated heterocycles. The Bertz CT molecular complexity index is 1020. The molecule has 32 heavy (non-hydrogen) atoms. The van der Waals surface area contributed by atoms with Gasteiger partial charge in [-0.2, -0.15) is 0 Å². The van der Waals surface area contributed by atoms with Gasteiger partial charge in [0, 0.05) is 17.2 Å². The Morgan fingerprint density at radius 3 is 2.38 bits per heavy atom. The van der Waals surface area contributed by atoms with Crippen LogP contribution in [-0.2, 0) is 4.79 Å². The number of halogens is 3. The zero-order valence-corrected chi connectivity index (χ0v) is 17.9. The van der Waals surface area contributed by atoms with Crippen LogP contribution in [-0.4, -0.2) is 40.7 Å². The molecular weight excluding hydrogens is 442 g/mol. The summed E-state index contributed by atoms with van der Waals surface area (Å²) in [6, 6.07) is 9.19. The minimum atomic E-state index is -0.851. The van der Waals surface area contributed by atoms with E-state index in [9.17, 15) is 23.5 Å². The molecule has 0 aliphatic heterocycles. The summed E-state index contributed by atoms with van der Waals surface area (Å²) in [6.45, 7) is -0.331. The number of amides is 2. The van der Waals surface area contributed by atoms with Gasteiger partial charge in [0.2, 0.25) is 0 Å². The molecule has 3 N–H and O–H groups in total. The zero-order valence-electron chi connectivity index (χ0n) is 17.2. The number of hydrogen-bond acceptors (Lipinski definition) is 4. The number of fused-ring (bicyclic) bond motifs is 3. The fourth-order valence-corrected chi connectivity index (χ4v) is 4.72. The predicted octanol–water partition coefficient (Wildman–Crippen LogP) is 3.36. The van der Waals surface area contributed by atoms with Gasteiger partial charge in [-0.1, -0.05) is 11.6 Å². The number of aliphatic hydroxyl groups is 1. The van der Waals surface area contributed by atoms with E-state index in [2.05, 4.69) is 10.6 Å². The summed E-state index contributed by atoms with van der Waals surface area (Å²) in [7, 11) is 0. The normalized spacial score (nSPS) is 26.4. The van der Waals surface area contributed by atoms with Crippen molar-refractivity contribution in [1.29, 1.82) is 0 Å². The standard InChI is InChI=1S/C23H23ClF2N2O4/c24-17-6-5-16(11-18(17)26)32-13-20(30)27-23-9-7-22(8-10-23,12-19(23)29)28-21(31)14-1-3-15(25)4-2-14/h1-6,11,19,29H,7-10,12-13H2,(H,27,30)(H,28,31)/t19-,22?,23?/m0/s1. The fraction of sp³-hybridized carbons (Fsp3) is 0.391. The van der Waals surface area contributed by atoms with Gasteiger partial charge >= 0.3 is 0 Å². The first kappa shape index (κ1) is 22.5. The molecule has 6 nitrogen and oxygen atoms in total. The van der Waals surface area contributed by atoms with Crippen molar-refractivity contribution in [2.45, 2.75) is 49.3 Å². The van der Waals surface area contributed by atoms with E-state index < -0.39 is 34.7 Å². The maximum atomic E-state index is 13.5. The number of hydrogen-bond donors (Lipinski definition) is 3. The van der Waals surface area contributed by atoms with Gasteiger partial charge in [-0.25, -0.2) is 8.78 Å². The summed E-state index contributed by atoms with van der Waals surface area (Å²) >= 11 is 5.63. The first-order valence-corrected chi connectivity index (χ1v) is 10.7. The van der Waals surface area contributed by atoms with E-state index in [1.54, 1.807) is 0 Å². The van der Waals surface area contributed by atoms with Gasteiger partial charge in [0.25, 0.3) is 11.8 Å². The molecular formula is C23H23ClF2N2O4. The Morgan fingerprint density at radius 1 is 1.06 bits per heavy atom. The number of ether oxygens (including phenoxy) is 1. The zero-order chi connectivity index (χ0) is 22.9. The van der Waals surface area contributed by atoms with Crippen LogP contribution >= 0.6 is 11.6 Å². The van der Waals surface area contributed by atoms with Crippen LogP contribution in [0.4, 0.5) is 8.78 Å². The molecule has 2 aromatic carbocycles. The van der Waals surface area contributed by atoms with Crippen molar-refractivity contribution >= 4 is 23.4 Å². The average Bonchev–Trinajstić information content (AvgIpc) is 2.76. The van der Waals surface area contributed by atoms with Gasteiger partial charge < -0.3 is 20.5 Å². The Morgan fingerprint density at radius 2 is 1.75 bits per heavy atom. The van der Waals surface area contributed by atoms with Crippen LogP contribution in [0.25, 0.3) is 0 Å². The molecule has 0 heterocycles. The fourth-order valence-electron chi connectivity index (χ4n) is 4.61. The quantitative estimate of drug-likeness (QED) is 0.611. The van der Waals surface area contributed by atoms with E-state index in [4.69, 9.17) is 16.3 Å². The number of aliphatic hydroxyl groups excluding tert-OH is 1. The van der Waals surface area contributed by atoms with Gasteiger partial charge in [0.15, 0.2) is 6.61 Å². The molecule has 9 heteroatoms. The van der Waals surface area contributed by atoms with Crippen LogP contribution in [0, 0.1) is 11.6 Å². The molecule has 2 bridgehead atoms. The molecule has 3 aliphatic carbocycles. The third-order valence-electron chi connectivity index (χ3n) is 6.46. The summed E-state index contributed by atoms with van der Waals surface area (Å²) in [5.41, 5.74) is -1.02. The molecule has 0 radical (unpaired) electrons. The van der Waals surface area contributed by atoms with Crippen LogP contribution in [0.15, 0.2) is 42.5 Å².